The highest BCUT2D eigenvalue weighted by Crippen LogP contribution is 2.33. The number of imide groups is 1. The van der Waals surface area contributed by atoms with E-state index < -0.39 is 34.9 Å². The normalized spacial score (nSPS) is 12.8. The molecule has 2 aromatic carbocycles. The van der Waals surface area contributed by atoms with Crippen LogP contribution in [0.4, 0.5) is 5.69 Å². The smallest absolute Gasteiger partial charge is 0.331 e. The number of hydrogen-bond acceptors (Lipinski definition) is 7. The number of amides is 2. The lowest BCUT2D eigenvalue weighted by Crippen LogP contribution is -2.36. The highest BCUT2D eigenvalue weighted by Gasteiger charge is 2.38. The van der Waals surface area contributed by atoms with Gasteiger partial charge >= 0.3 is 11.7 Å². The van der Waals surface area contributed by atoms with E-state index in [1.54, 1.807) is 0 Å². The van der Waals surface area contributed by atoms with E-state index in [0.717, 1.165) is 6.07 Å². The van der Waals surface area contributed by atoms with Gasteiger partial charge in [-0.1, -0.05) is 23.2 Å². The second kappa shape index (κ2) is 7.45. The molecule has 144 valence electrons. The monoisotopic (exact) mass is 424 g/mol. The molecule has 0 aliphatic carbocycles. The maximum Gasteiger partial charge on any atom is 0.331 e. The van der Waals surface area contributed by atoms with Crippen LogP contribution >= 0.6 is 23.2 Å². The number of nitro groups is 1. The number of nitrogens with zero attached hydrogens (tertiary/aromatic N) is 2. The van der Waals surface area contributed by atoms with E-state index in [1.165, 1.54) is 31.4 Å². The van der Waals surface area contributed by atoms with Gasteiger partial charge in [-0.2, -0.15) is 0 Å². The lowest BCUT2D eigenvalue weighted by Gasteiger charge is -2.13. The zero-order valence-corrected chi connectivity index (χ0v) is 15.6. The first kappa shape index (κ1) is 19.6. The molecule has 1 heterocycles. The second-order valence-corrected chi connectivity index (χ2v) is 6.39. The van der Waals surface area contributed by atoms with Gasteiger partial charge in [0.15, 0.2) is 0 Å². The van der Waals surface area contributed by atoms with Gasteiger partial charge in [0.05, 0.1) is 39.3 Å². The summed E-state index contributed by atoms with van der Waals surface area (Å²) >= 11 is 11.7. The van der Waals surface area contributed by atoms with Crippen molar-refractivity contribution in [3.05, 3.63) is 61.6 Å². The van der Waals surface area contributed by atoms with Crippen molar-refractivity contribution in [1.82, 2.24) is 4.90 Å². The molecular formula is C17H10Cl2N2O7. The van der Waals surface area contributed by atoms with E-state index in [2.05, 4.69) is 0 Å². The Hall–Kier alpha value is -3.17. The number of hydrogen-bond donors (Lipinski definition) is 0. The van der Waals surface area contributed by atoms with Crippen LogP contribution in [0.5, 0.6) is 11.5 Å². The molecule has 2 amide bonds. The number of ether oxygens (including phenoxy) is 2. The lowest BCUT2D eigenvalue weighted by molar-refractivity contribution is -0.385. The number of methoxy groups -OCH3 is 1. The Bertz CT molecular complexity index is 997. The molecule has 1 aliphatic heterocycles. The van der Waals surface area contributed by atoms with Crippen molar-refractivity contribution in [3.63, 3.8) is 0 Å². The first-order valence-corrected chi connectivity index (χ1v) is 8.37. The molecule has 0 spiro atoms. The highest BCUT2D eigenvalue weighted by atomic mass is 35.5. The average molecular weight is 425 g/mol. The summed E-state index contributed by atoms with van der Waals surface area (Å²) in [6.45, 7) is -0.745. The minimum absolute atomic E-state index is 0.00243. The van der Waals surface area contributed by atoms with Gasteiger partial charge in [-0.3, -0.25) is 24.6 Å². The summed E-state index contributed by atoms with van der Waals surface area (Å²) in [4.78, 5) is 48.0. The highest BCUT2D eigenvalue weighted by molar-refractivity contribution is 6.43. The van der Waals surface area contributed by atoms with Gasteiger partial charge in [0.2, 0.25) is 5.75 Å². The topological polar surface area (TPSA) is 116 Å². The van der Waals surface area contributed by atoms with Gasteiger partial charge in [-0.25, -0.2) is 4.79 Å². The van der Waals surface area contributed by atoms with E-state index >= 15 is 0 Å². The first-order valence-electron chi connectivity index (χ1n) is 7.61. The summed E-state index contributed by atoms with van der Waals surface area (Å²) in [7, 11) is 1.32. The molecule has 2 aromatic rings. The van der Waals surface area contributed by atoms with Crippen LogP contribution < -0.4 is 9.47 Å². The summed E-state index contributed by atoms with van der Waals surface area (Å²) in [6, 6.07) is 6.09. The molecular weight excluding hydrogens is 415 g/mol. The first-order chi connectivity index (χ1) is 13.2. The Balaban J connectivity index is 1.80. The van der Waals surface area contributed by atoms with Crippen LogP contribution in [-0.4, -0.2) is 41.3 Å². The van der Waals surface area contributed by atoms with Crippen molar-refractivity contribution in [2.75, 3.05) is 13.7 Å². The number of nitro benzene ring substituents is 1. The Morgan fingerprint density at radius 1 is 1.11 bits per heavy atom. The molecule has 0 aromatic heterocycles. The third-order valence-corrected chi connectivity index (χ3v) is 4.61. The van der Waals surface area contributed by atoms with Gasteiger partial charge in [0.25, 0.3) is 11.8 Å². The Kier molecular flexibility index (Phi) is 5.21. The molecule has 11 heteroatoms. The molecule has 3 rings (SSSR count). The van der Waals surface area contributed by atoms with Crippen molar-refractivity contribution in [3.8, 4) is 11.5 Å². The second-order valence-electron chi connectivity index (χ2n) is 5.57. The third-order valence-electron chi connectivity index (χ3n) is 3.89. The number of carbonyl (C=O) groups excluding carboxylic acids is 3. The Morgan fingerprint density at radius 2 is 1.68 bits per heavy atom. The molecule has 28 heavy (non-hydrogen) atoms. The predicted molar refractivity (Wildman–Crippen MR) is 97.1 cm³/mol. The van der Waals surface area contributed by atoms with Crippen LogP contribution in [-0.2, 0) is 4.79 Å². The summed E-state index contributed by atoms with van der Waals surface area (Å²) in [5.41, 5.74) is -0.501. The van der Waals surface area contributed by atoms with Crippen LogP contribution in [0, 0.1) is 10.1 Å². The average Bonchev–Trinajstić information content (AvgIpc) is 2.87. The minimum Gasteiger partial charge on any atom is -0.496 e. The molecule has 0 radical (unpaired) electrons. The predicted octanol–water partition coefficient (Wildman–Crippen LogP) is 3.11. The number of fused-ring (bicyclic) bond motifs is 1. The van der Waals surface area contributed by atoms with Crippen molar-refractivity contribution < 1.29 is 28.8 Å². The molecule has 0 atom stereocenters. The van der Waals surface area contributed by atoms with Gasteiger partial charge < -0.3 is 9.47 Å². The SMILES string of the molecule is COc1ccc(OC(=O)CN2C(=O)c3cc(Cl)c(Cl)cc3C2=O)c([N+](=O)[O-])c1. The summed E-state index contributed by atoms with van der Waals surface area (Å²) in [6.07, 6.45) is 0. The van der Waals surface area contributed by atoms with Crippen LogP contribution in [0.1, 0.15) is 20.7 Å². The lowest BCUT2D eigenvalue weighted by atomic mass is 10.1. The van der Waals surface area contributed by atoms with Crippen LogP contribution in [0.3, 0.4) is 0 Å². The van der Waals surface area contributed by atoms with Crippen LogP contribution in [0.2, 0.25) is 10.0 Å². The van der Waals surface area contributed by atoms with Gasteiger partial charge in [-0.05, 0) is 24.3 Å². The maximum atomic E-state index is 12.4. The van der Waals surface area contributed by atoms with Crippen molar-refractivity contribution in [2.45, 2.75) is 0 Å². The largest absolute Gasteiger partial charge is 0.496 e. The number of esters is 1. The van der Waals surface area contributed by atoms with Crippen LogP contribution in [0.15, 0.2) is 30.3 Å². The number of rotatable bonds is 5. The fourth-order valence-electron chi connectivity index (χ4n) is 2.56. The molecule has 0 bridgehead atoms. The Morgan fingerprint density at radius 3 is 2.18 bits per heavy atom. The Labute approximate surface area is 167 Å². The maximum absolute atomic E-state index is 12.4. The van der Waals surface area contributed by atoms with Crippen molar-refractivity contribution >= 4 is 46.7 Å². The summed E-state index contributed by atoms with van der Waals surface area (Å²) < 4.78 is 9.87. The van der Waals surface area contributed by atoms with Crippen LogP contribution in [0.25, 0.3) is 0 Å². The molecule has 0 N–H and O–H groups in total. The van der Waals surface area contributed by atoms with E-state index in [1.807, 2.05) is 0 Å². The molecule has 0 unspecified atom stereocenters. The zero-order valence-electron chi connectivity index (χ0n) is 14.1. The van der Waals surface area contributed by atoms with Crippen molar-refractivity contribution in [2.24, 2.45) is 0 Å². The van der Waals surface area contributed by atoms with Crippen molar-refractivity contribution in [1.29, 1.82) is 0 Å². The number of halogens is 2. The van der Waals surface area contributed by atoms with Gasteiger partial charge in [0, 0.05) is 0 Å². The zero-order chi connectivity index (χ0) is 20.6. The molecule has 0 saturated carbocycles. The third kappa shape index (κ3) is 3.49. The standard InChI is InChI=1S/C17H10Cl2N2O7/c1-27-8-2-3-14(13(4-8)21(25)26)28-15(22)7-20-16(23)9-5-11(18)12(19)6-10(9)17(20)24/h2-6H,7H2,1H3. The molecule has 0 fully saturated rings. The molecule has 1 aliphatic rings. The fourth-order valence-corrected chi connectivity index (χ4v) is 2.89. The summed E-state index contributed by atoms with van der Waals surface area (Å²) in [5, 5.41) is 11.3. The fraction of sp³-hybridized carbons (Fsp3) is 0.118. The number of benzene rings is 2. The van der Waals surface area contributed by atoms with Gasteiger partial charge in [-0.15, -0.1) is 0 Å². The number of carbonyl (C=O) groups is 3. The van der Waals surface area contributed by atoms with E-state index in [-0.39, 0.29) is 32.7 Å². The quantitative estimate of drug-likeness (QED) is 0.238. The molecule has 0 saturated heterocycles. The summed E-state index contributed by atoms with van der Waals surface area (Å²) in [5.74, 6) is -2.70. The van der Waals surface area contributed by atoms with Gasteiger partial charge in [0.1, 0.15) is 12.3 Å². The van der Waals surface area contributed by atoms with E-state index in [0.29, 0.717) is 4.90 Å². The van der Waals surface area contributed by atoms with E-state index in [4.69, 9.17) is 32.7 Å². The molecule has 9 nitrogen and oxygen atoms in total. The minimum atomic E-state index is -1.04. The van der Waals surface area contributed by atoms with E-state index in [9.17, 15) is 24.5 Å².